The summed E-state index contributed by atoms with van der Waals surface area (Å²) in [5, 5.41) is 3.64. The zero-order valence-electron chi connectivity index (χ0n) is 9.29. The predicted molar refractivity (Wildman–Crippen MR) is 64.4 cm³/mol. The molecule has 0 radical (unpaired) electrons. The molecule has 0 amide bonds. The fourth-order valence-electron chi connectivity index (χ4n) is 1.07. The van der Waals surface area contributed by atoms with Crippen LogP contribution in [0.25, 0.3) is 0 Å². The molecule has 0 bridgehead atoms. The highest BCUT2D eigenvalue weighted by Gasteiger charge is 2.05. The Hall–Kier alpha value is -1.09. The first-order valence-electron chi connectivity index (χ1n) is 5.03. The second kappa shape index (κ2) is 5.71. The Balaban J connectivity index is 2.79. The van der Waals surface area contributed by atoms with Gasteiger partial charge in [-0.3, -0.25) is 0 Å². The molecule has 1 aromatic rings. The Kier molecular flexibility index (Phi) is 4.56. The number of hydrogen-bond donors (Lipinski definition) is 1. The lowest BCUT2D eigenvalue weighted by Crippen LogP contribution is -2.05. The number of nitrogens with zero attached hydrogens (tertiary/aromatic N) is 2. The summed E-state index contributed by atoms with van der Waals surface area (Å²) in [5.74, 6) is 1.83. The van der Waals surface area contributed by atoms with Crippen LogP contribution in [0.5, 0.6) is 0 Å². The van der Waals surface area contributed by atoms with Gasteiger partial charge in [0.25, 0.3) is 0 Å². The van der Waals surface area contributed by atoms with Crippen LogP contribution >= 0.6 is 11.6 Å². The van der Waals surface area contributed by atoms with Crippen molar-refractivity contribution in [3.05, 3.63) is 29.2 Å². The number of hydrogen-bond acceptors (Lipinski definition) is 3. The fourth-order valence-corrected chi connectivity index (χ4v) is 1.26. The number of halogens is 1. The third kappa shape index (κ3) is 3.88. The van der Waals surface area contributed by atoms with Gasteiger partial charge in [-0.25, -0.2) is 9.97 Å². The van der Waals surface area contributed by atoms with Crippen molar-refractivity contribution in [2.45, 2.75) is 26.7 Å². The molecule has 0 fully saturated rings. The Morgan fingerprint density at radius 1 is 1.47 bits per heavy atom. The van der Waals surface area contributed by atoms with Crippen molar-refractivity contribution in [3.8, 4) is 0 Å². The van der Waals surface area contributed by atoms with Gasteiger partial charge >= 0.3 is 0 Å². The van der Waals surface area contributed by atoms with E-state index in [0.29, 0.717) is 5.15 Å². The zero-order chi connectivity index (χ0) is 11.3. The van der Waals surface area contributed by atoms with Crippen molar-refractivity contribution < 1.29 is 0 Å². The Morgan fingerprint density at radius 3 is 2.80 bits per heavy atom. The topological polar surface area (TPSA) is 37.8 Å². The van der Waals surface area contributed by atoms with Gasteiger partial charge in [-0.2, -0.15) is 0 Å². The van der Waals surface area contributed by atoms with Crippen molar-refractivity contribution in [2.75, 3.05) is 11.9 Å². The monoisotopic (exact) mass is 225 g/mol. The summed E-state index contributed by atoms with van der Waals surface area (Å²) in [5.41, 5.74) is 0. The Labute approximate surface area is 95.6 Å². The SMILES string of the molecule is C/C=C/CNc1cc(Cl)nc(C(C)C)n1. The summed E-state index contributed by atoms with van der Waals surface area (Å²) in [4.78, 5) is 8.52. The van der Waals surface area contributed by atoms with Crippen LogP contribution in [0.4, 0.5) is 5.82 Å². The van der Waals surface area contributed by atoms with Crippen molar-refractivity contribution >= 4 is 17.4 Å². The minimum atomic E-state index is 0.283. The normalized spacial score (nSPS) is 11.3. The molecule has 1 aromatic heterocycles. The quantitative estimate of drug-likeness (QED) is 0.632. The number of aromatic nitrogens is 2. The average molecular weight is 226 g/mol. The number of allylic oxidation sites excluding steroid dienone is 1. The number of nitrogens with one attached hydrogen (secondary N) is 1. The first-order valence-corrected chi connectivity index (χ1v) is 5.40. The van der Waals surface area contributed by atoms with E-state index < -0.39 is 0 Å². The third-order valence-electron chi connectivity index (χ3n) is 1.87. The van der Waals surface area contributed by atoms with E-state index in [-0.39, 0.29) is 5.92 Å². The molecular weight excluding hydrogens is 210 g/mol. The molecule has 15 heavy (non-hydrogen) atoms. The summed E-state index contributed by atoms with van der Waals surface area (Å²) in [6.07, 6.45) is 4.00. The summed E-state index contributed by atoms with van der Waals surface area (Å²) < 4.78 is 0. The van der Waals surface area contributed by atoms with Gasteiger partial charge < -0.3 is 5.32 Å². The molecule has 1 heterocycles. The minimum absolute atomic E-state index is 0.283. The standard InChI is InChI=1S/C11H16ClN3/c1-4-5-6-13-10-7-9(12)14-11(15-10)8(2)3/h4-5,7-8H,6H2,1-3H3,(H,13,14,15)/b5-4+. The Bertz CT molecular complexity index is 348. The first kappa shape index (κ1) is 12.0. The lowest BCUT2D eigenvalue weighted by Gasteiger charge is -2.07. The van der Waals surface area contributed by atoms with Crippen molar-refractivity contribution in [1.29, 1.82) is 0 Å². The number of rotatable bonds is 4. The van der Waals surface area contributed by atoms with Gasteiger partial charge in [0.2, 0.25) is 0 Å². The maximum atomic E-state index is 5.90. The molecule has 0 saturated heterocycles. The van der Waals surface area contributed by atoms with Gasteiger partial charge in [-0.15, -0.1) is 0 Å². The highest BCUT2D eigenvalue weighted by Crippen LogP contribution is 2.16. The van der Waals surface area contributed by atoms with E-state index in [1.54, 1.807) is 6.07 Å². The van der Waals surface area contributed by atoms with Crippen LogP contribution in [0, 0.1) is 0 Å². The summed E-state index contributed by atoms with van der Waals surface area (Å²) in [6.45, 7) is 6.82. The predicted octanol–water partition coefficient (Wildman–Crippen LogP) is 3.24. The van der Waals surface area contributed by atoms with E-state index in [1.165, 1.54) is 0 Å². The van der Waals surface area contributed by atoms with Gasteiger partial charge in [-0.05, 0) is 6.92 Å². The third-order valence-corrected chi connectivity index (χ3v) is 2.06. The largest absolute Gasteiger partial charge is 0.366 e. The smallest absolute Gasteiger partial charge is 0.135 e. The van der Waals surface area contributed by atoms with Crippen LogP contribution in [0.1, 0.15) is 32.5 Å². The second-order valence-electron chi connectivity index (χ2n) is 3.54. The van der Waals surface area contributed by atoms with Crippen molar-refractivity contribution in [1.82, 2.24) is 9.97 Å². The molecule has 0 aliphatic carbocycles. The molecule has 0 aromatic carbocycles. The van der Waals surface area contributed by atoms with Gasteiger partial charge in [-0.1, -0.05) is 37.6 Å². The van der Waals surface area contributed by atoms with Crippen molar-refractivity contribution in [2.24, 2.45) is 0 Å². The van der Waals surface area contributed by atoms with Gasteiger partial charge in [0.05, 0.1) is 0 Å². The summed E-state index contributed by atoms with van der Waals surface area (Å²) in [6, 6.07) is 1.73. The molecule has 0 atom stereocenters. The van der Waals surface area contributed by atoms with Gasteiger partial charge in [0.1, 0.15) is 16.8 Å². The molecule has 0 saturated carbocycles. The summed E-state index contributed by atoms with van der Waals surface area (Å²) in [7, 11) is 0. The minimum Gasteiger partial charge on any atom is -0.366 e. The highest BCUT2D eigenvalue weighted by atomic mass is 35.5. The van der Waals surface area contributed by atoms with E-state index in [1.807, 2.05) is 32.9 Å². The molecule has 82 valence electrons. The van der Waals surface area contributed by atoms with E-state index in [4.69, 9.17) is 11.6 Å². The Morgan fingerprint density at radius 2 is 2.20 bits per heavy atom. The molecule has 0 aliphatic rings. The molecule has 3 nitrogen and oxygen atoms in total. The molecular formula is C11H16ClN3. The van der Waals surface area contributed by atoms with Crippen LogP contribution in [0.3, 0.4) is 0 Å². The molecule has 0 unspecified atom stereocenters. The zero-order valence-corrected chi connectivity index (χ0v) is 10.0. The van der Waals surface area contributed by atoms with E-state index >= 15 is 0 Å². The van der Waals surface area contributed by atoms with Crippen LogP contribution in [-0.2, 0) is 0 Å². The van der Waals surface area contributed by atoms with E-state index in [0.717, 1.165) is 18.2 Å². The maximum Gasteiger partial charge on any atom is 0.135 e. The molecule has 1 N–H and O–H groups in total. The lowest BCUT2D eigenvalue weighted by atomic mass is 10.2. The number of anilines is 1. The van der Waals surface area contributed by atoms with Crippen LogP contribution < -0.4 is 5.32 Å². The fraction of sp³-hybridized carbons (Fsp3) is 0.455. The average Bonchev–Trinajstić information content (AvgIpc) is 2.17. The molecule has 4 heteroatoms. The molecule has 0 aliphatic heterocycles. The molecule has 1 rings (SSSR count). The second-order valence-corrected chi connectivity index (χ2v) is 3.93. The van der Waals surface area contributed by atoms with Gasteiger partial charge in [0, 0.05) is 18.5 Å². The lowest BCUT2D eigenvalue weighted by molar-refractivity contribution is 0.775. The van der Waals surface area contributed by atoms with Crippen LogP contribution in [0.15, 0.2) is 18.2 Å². The van der Waals surface area contributed by atoms with Gasteiger partial charge in [0.15, 0.2) is 0 Å². The summed E-state index contributed by atoms with van der Waals surface area (Å²) >= 11 is 5.90. The molecule has 0 spiro atoms. The van der Waals surface area contributed by atoms with Crippen molar-refractivity contribution in [3.63, 3.8) is 0 Å². The highest BCUT2D eigenvalue weighted by molar-refractivity contribution is 6.29. The van der Waals surface area contributed by atoms with E-state index in [2.05, 4.69) is 15.3 Å². The maximum absolute atomic E-state index is 5.90. The first-order chi connectivity index (χ1) is 7.13. The van der Waals surface area contributed by atoms with Crippen LogP contribution in [-0.4, -0.2) is 16.5 Å². The van der Waals surface area contributed by atoms with E-state index in [9.17, 15) is 0 Å². The van der Waals surface area contributed by atoms with Crippen LogP contribution in [0.2, 0.25) is 5.15 Å².